The smallest absolute Gasteiger partial charge is 0.354 e. The minimum Gasteiger partial charge on any atom is -0.478 e. The Morgan fingerprint density at radius 2 is 2.38 bits per heavy atom. The predicted octanol–water partition coefficient (Wildman–Crippen LogP) is 0.254. The summed E-state index contributed by atoms with van der Waals surface area (Å²) in [6, 6.07) is 1.55. The van der Waals surface area contributed by atoms with Gasteiger partial charge in [-0.15, -0.1) is 0 Å². The molecular weight excluding hydrogens is 212 g/mol. The van der Waals surface area contributed by atoms with Crippen LogP contribution in [0, 0.1) is 0 Å². The second-order valence-corrected chi connectivity index (χ2v) is 3.08. The van der Waals surface area contributed by atoms with Gasteiger partial charge >= 0.3 is 11.7 Å². The quantitative estimate of drug-likeness (QED) is 0.686. The van der Waals surface area contributed by atoms with E-state index in [9.17, 15) is 9.59 Å². The van der Waals surface area contributed by atoms with Crippen LogP contribution in [0.1, 0.15) is 13.2 Å². The minimum absolute atomic E-state index is 0.261. The summed E-state index contributed by atoms with van der Waals surface area (Å²) in [4.78, 5) is 26.1. The zero-order valence-electron chi connectivity index (χ0n) is 8.62. The Morgan fingerprint density at radius 1 is 1.56 bits per heavy atom. The zero-order chi connectivity index (χ0) is 11.5. The first-order valence-electron chi connectivity index (χ1n) is 4.81. The van der Waals surface area contributed by atoms with E-state index in [1.807, 2.05) is 0 Å². The molecule has 84 valence electrons. The number of aromatic nitrogens is 2. The Morgan fingerprint density at radius 3 is 2.94 bits per heavy atom. The van der Waals surface area contributed by atoms with Gasteiger partial charge in [-0.1, -0.05) is 0 Å². The fourth-order valence-electron chi connectivity index (χ4n) is 1.33. The Bertz CT molecular complexity index is 492. The number of rotatable bonds is 3. The van der Waals surface area contributed by atoms with Gasteiger partial charge in [0.25, 0.3) is 0 Å². The van der Waals surface area contributed by atoms with Gasteiger partial charge in [-0.2, -0.15) is 4.98 Å². The molecule has 0 N–H and O–H groups in total. The van der Waals surface area contributed by atoms with Gasteiger partial charge in [-0.05, 0) is 13.0 Å². The maximum absolute atomic E-state index is 11.6. The van der Waals surface area contributed by atoms with E-state index >= 15 is 0 Å². The van der Waals surface area contributed by atoms with Crippen molar-refractivity contribution in [1.82, 2.24) is 9.55 Å². The van der Waals surface area contributed by atoms with E-state index in [1.165, 1.54) is 22.9 Å². The summed E-state index contributed by atoms with van der Waals surface area (Å²) in [5.41, 5.74) is -0.518. The van der Waals surface area contributed by atoms with Crippen LogP contribution in [0.4, 0.5) is 0 Å². The molecule has 6 nitrogen and oxygen atoms in total. The van der Waals surface area contributed by atoms with Crippen LogP contribution < -0.4 is 10.4 Å². The molecule has 1 aromatic heterocycles. The Hall–Kier alpha value is -2.11. The number of nitrogens with zero attached hydrogens (tertiary/aromatic N) is 2. The molecule has 0 saturated heterocycles. The van der Waals surface area contributed by atoms with Crippen molar-refractivity contribution in [1.29, 1.82) is 0 Å². The number of carbonyl (C=O) groups is 1. The fourth-order valence-corrected chi connectivity index (χ4v) is 1.33. The molecule has 0 bridgehead atoms. The molecule has 0 amide bonds. The van der Waals surface area contributed by atoms with Gasteiger partial charge in [0.2, 0.25) is 12.1 Å². The molecule has 0 spiro atoms. The monoisotopic (exact) mass is 222 g/mol. The normalized spacial score (nSPS) is 18.6. The Balaban J connectivity index is 2.26. The first kappa shape index (κ1) is 10.4. The molecule has 0 radical (unpaired) electrons. The number of hydrogen-bond acceptors (Lipinski definition) is 5. The number of cyclic esters (lactones) is 1. The van der Waals surface area contributed by atoms with E-state index < -0.39 is 17.9 Å². The van der Waals surface area contributed by atoms with Gasteiger partial charge in [0.15, 0.2) is 0 Å². The van der Waals surface area contributed by atoms with Gasteiger partial charge in [0.05, 0.1) is 6.61 Å². The third-order valence-electron chi connectivity index (χ3n) is 2.00. The van der Waals surface area contributed by atoms with E-state index in [0.717, 1.165) is 0 Å². The van der Waals surface area contributed by atoms with Crippen molar-refractivity contribution in [3.8, 4) is 5.88 Å². The lowest BCUT2D eigenvalue weighted by Gasteiger charge is -2.11. The average Bonchev–Trinajstić information content (AvgIpc) is 2.65. The van der Waals surface area contributed by atoms with Crippen molar-refractivity contribution in [2.45, 2.75) is 13.2 Å². The Labute approximate surface area is 91.1 Å². The highest BCUT2D eigenvalue weighted by Gasteiger charge is 2.19. The van der Waals surface area contributed by atoms with Crippen molar-refractivity contribution in [3.05, 3.63) is 34.9 Å². The fraction of sp³-hybridized carbons (Fsp3) is 0.300. The molecule has 2 heterocycles. The van der Waals surface area contributed by atoms with Crippen LogP contribution in [0.25, 0.3) is 0 Å². The molecule has 1 aliphatic rings. The molecule has 16 heavy (non-hydrogen) atoms. The highest BCUT2D eigenvalue weighted by Crippen LogP contribution is 2.15. The van der Waals surface area contributed by atoms with Gasteiger partial charge in [-0.25, -0.2) is 9.59 Å². The third-order valence-corrected chi connectivity index (χ3v) is 2.00. The van der Waals surface area contributed by atoms with Crippen LogP contribution in [0.5, 0.6) is 5.88 Å². The molecule has 1 aliphatic heterocycles. The van der Waals surface area contributed by atoms with E-state index in [-0.39, 0.29) is 5.88 Å². The van der Waals surface area contributed by atoms with Gasteiger partial charge < -0.3 is 9.47 Å². The van der Waals surface area contributed by atoms with E-state index in [4.69, 9.17) is 9.47 Å². The van der Waals surface area contributed by atoms with E-state index in [1.54, 1.807) is 13.0 Å². The molecule has 0 saturated carbocycles. The van der Waals surface area contributed by atoms with Gasteiger partial charge in [0, 0.05) is 18.3 Å². The second-order valence-electron chi connectivity index (χ2n) is 3.08. The molecule has 6 heteroatoms. The van der Waals surface area contributed by atoms with Gasteiger partial charge in [-0.3, -0.25) is 4.57 Å². The second kappa shape index (κ2) is 4.18. The van der Waals surface area contributed by atoms with Crippen LogP contribution in [0.3, 0.4) is 0 Å². The van der Waals surface area contributed by atoms with Gasteiger partial charge in [0.1, 0.15) is 0 Å². The topological polar surface area (TPSA) is 70.4 Å². The highest BCUT2D eigenvalue weighted by atomic mass is 16.6. The van der Waals surface area contributed by atoms with Crippen LogP contribution in [-0.4, -0.2) is 22.1 Å². The van der Waals surface area contributed by atoms with Crippen LogP contribution in [0.2, 0.25) is 0 Å². The maximum Gasteiger partial charge on any atom is 0.354 e. The van der Waals surface area contributed by atoms with E-state index in [0.29, 0.717) is 6.61 Å². The minimum atomic E-state index is -0.705. The number of esters is 1. The molecule has 0 unspecified atom stereocenters. The summed E-state index contributed by atoms with van der Waals surface area (Å²) >= 11 is 0. The van der Waals surface area contributed by atoms with Crippen LogP contribution in [0.15, 0.2) is 29.2 Å². The standard InChI is InChI=1S/C10H10N2O4/c1-2-15-7-5-6-12(10(14)11-7)8-3-4-9(13)16-8/h3-6,8H,2H2,1H3/t8-/m1/s1. The lowest BCUT2D eigenvalue weighted by molar-refractivity contribution is -0.141. The zero-order valence-corrected chi connectivity index (χ0v) is 8.62. The molecule has 2 rings (SSSR count). The largest absolute Gasteiger partial charge is 0.478 e. The van der Waals surface area contributed by atoms with Crippen molar-refractivity contribution in [2.75, 3.05) is 6.61 Å². The Kier molecular flexibility index (Phi) is 2.72. The summed E-state index contributed by atoms with van der Waals surface area (Å²) < 4.78 is 11.1. The lowest BCUT2D eigenvalue weighted by atomic mass is 10.5. The third kappa shape index (κ3) is 1.95. The highest BCUT2D eigenvalue weighted by molar-refractivity contribution is 5.84. The van der Waals surface area contributed by atoms with Crippen molar-refractivity contribution >= 4 is 5.97 Å². The number of ether oxygens (including phenoxy) is 2. The molecule has 0 fully saturated rings. The maximum atomic E-state index is 11.6. The summed E-state index contributed by atoms with van der Waals surface area (Å²) in [7, 11) is 0. The average molecular weight is 222 g/mol. The molecule has 0 aromatic carbocycles. The number of hydrogen-bond donors (Lipinski definition) is 0. The van der Waals surface area contributed by atoms with Crippen molar-refractivity contribution in [3.63, 3.8) is 0 Å². The van der Waals surface area contributed by atoms with Crippen LogP contribution in [-0.2, 0) is 9.53 Å². The lowest BCUT2D eigenvalue weighted by Crippen LogP contribution is -2.26. The van der Waals surface area contributed by atoms with Crippen molar-refractivity contribution < 1.29 is 14.3 Å². The molecule has 0 aliphatic carbocycles. The van der Waals surface area contributed by atoms with Crippen molar-refractivity contribution in [2.24, 2.45) is 0 Å². The predicted molar refractivity (Wildman–Crippen MR) is 53.9 cm³/mol. The summed E-state index contributed by atoms with van der Waals surface area (Å²) in [5.74, 6) is -0.206. The summed E-state index contributed by atoms with van der Waals surface area (Å²) in [5, 5.41) is 0. The van der Waals surface area contributed by atoms with E-state index in [2.05, 4.69) is 4.98 Å². The first-order chi connectivity index (χ1) is 7.70. The molecule has 1 aromatic rings. The SMILES string of the molecule is CCOc1ccn([C@H]2C=CC(=O)O2)c(=O)n1. The summed E-state index contributed by atoms with van der Waals surface area (Å²) in [6.07, 6.45) is 3.54. The number of carbonyl (C=O) groups excluding carboxylic acids is 1. The molecular formula is C10H10N2O4. The molecule has 1 atom stereocenters. The van der Waals surface area contributed by atoms with Crippen LogP contribution >= 0.6 is 0 Å². The first-order valence-corrected chi connectivity index (χ1v) is 4.81. The summed E-state index contributed by atoms with van der Waals surface area (Å²) in [6.45, 7) is 2.24.